The zero-order valence-electron chi connectivity index (χ0n) is 10.9. The maximum absolute atomic E-state index is 9.43. The summed E-state index contributed by atoms with van der Waals surface area (Å²) in [4.78, 5) is 10.6. The highest BCUT2D eigenvalue weighted by molar-refractivity contribution is 4.78. The zero-order valence-corrected chi connectivity index (χ0v) is 10.9. The summed E-state index contributed by atoms with van der Waals surface area (Å²) in [5.41, 5.74) is -0.413. The van der Waals surface area contributed by atoms with Crippen molar-refractivity contribution in [3.05, 3.63) is 0 Å². The molecule has 0 bridgehead atoms. The summed E-state index contributed by atoms with van der Waals surface area (Å²) in [6.45, 7) is 8.13. The zero-order chi connectivity index (χ0) is 12.6. The first-order valence-corrected chi connectivity index (χ1v) is 6.09. The summed E-state index contributed by atoms with van der Waals surface area (Å²) in [5.74, 6) is 0.0676. The lowest BCUT2D eigenvalue weighted by Crippen LogP contribution is -2.35. The first kappa shape index (κ1) is 15.8. The molecule has 0 amide bonds. The van der Waals surface area contributed by atoms with Gasteiger partial charge in [-0.05, 0) is 19.8 Å². The van der Waals surface area contributed by atoms with Gasteiger partial charge in [0.25, 0.3) is 0 Å². The Kier molecular flexibility index (Phi) is 7.93. The van der Waals surface area contributed by atoms with E-state index in [2.05, 4.69) is 0 Å². The van der Waals surface area contributed by atoms with E-state index in [0.717, 1.165) is 12.8 Å². The van der Waals surface area contributed by atoms with E-state index in [1.807, 2.05) is 20.8 Å². The van der Waals surface area contributed by atoms with Crippen LogP contribution >= 0.6 is 0 Å². The van der Waals surface area contributed by atoms with Crippen molar-refractivity contribution >= 4 is 0 Å². The number of hydrogen-bond donors (Lipinski definition) is 2. The van der Waals surface area contributed by atoms with E-state index in [4.69, 9.17) is 14.9 Å². The van der Waals surface area contributed by atoms with Crippen molar-refractivity contribution in [3.63, 3.8) is 0 Å². The molecule has 2 N–H and O–H groups in total. The predicted molar refractivity (Wildman–Crippen MR) is 62.9 cm³/mol. The SMILES string of the molecule is CCC(CC)(CC(C)O)OOCC(C)CO. The topological polar surface area (TPSA) is 58.9 Å². The second kappa shape index (κ2) is 8.01. The largest absolute Gasteiger partial charge is 0.396 e. The van der Waals surface area contributed by atoms with Gasteiger partial charge in [0.1, 0.15) is 5.60 Å². The fourth-order valence-electron chi connectivity index (χ4n) is 1.56. The van der Waals surface area contributed by atoms with Crippen molar-refractivity contribution in [1.29, 1.82) is 0 Å². The minimum atomic E-state index is -0.413. The van der Waals surface area contributed by atoms with Crippen LogP contribution in [0, 0.1) is 5.92 Å². The highest BCUT2D eigenvalue weighted by atomic mass is 17.2. The van der Waals surface area contributed by atoms with Crippen molar-refractivity contribution in [2.45, 2.75) is 58.7 Å². The van der Waals surface area contributed by atoms with E-state index in [-0.39, 0.29) is 12.5 Å². The summed E-state index contributed by atoms with van der Waals surface area (Å²) < 4.78 is 0. The van der Waals surface area contributed by atoms with Crippen molar-refractivity contribution < 1.29 is 20.0 Å². The average molecular weight is 234 g/mol. The maximum Gasteiger partial charge on any atom is 0.105 e. The van der Waals surface area contributed by atoms with E-state index in [1.165, 1.54) is 0 Å². The van der Waals surface area contributed by atoms with Gasteiger partial charge in [0.15, 0.2) is 0 Å². The van der Waals surface area contributed by atoms with Gasteiger partial charge in [-0.15, -0.1) is 0 Å². The lowest BCUT2D eigenvalue weighted by molar-refractivity contribution is -0.372. The second-order valence-corrected chi connectivity index (χ2v) is 4.60. The molecule has 2 unspecified atom stereocenters. The van der Waals surface area contributed by atoms with Crippen LogP contribution in [0.5, 0.6) is 0 Å². The third-order valence-electron chi connectivity index (χ3n) is 2.86. The van der Waals surface area contributed by atoms with Crippen LogP contribution in [0.4, 0.5) is 0 Å². The fraction of sp³-hybridized carbons (Fsp3) is 1.00. The molecule has 0 aromatic heterocycles. The van der Waals surface area contributed by atoms with Crippen LogP contribution in [0.1, 0.15) is 47.0 Å². The molecule has 0 heterocycles. The van der Waals surface area contributed by atoms with Gasteiger partial charge in [0.05, 0.1) is 12.7 Å². The van der Waals surface area contributed by atoms with E-state index in [9.17, 15) is 5.11 Å². The molecule has 0 aliphatic carbocycles. The Morgan fingerprint density at radius 3 is 2.12 bits per heavy atom. The fourth-order valence-corrected chi connectivity index (χ4v) is 1.56. The van der Waals surface area contributed by atoms with Crippen molar-refractivity contribution in [2.75, 3.05) is 13.2 Å². The molecule has 0 rings (SSSR count). The third kappa shape index (κ3) is 5.80. The number of rotatable bonds is 9. The van der Waals surface area contributed by atoms with E-state index < -0.39 is 11.7 Å². The van der Waals surface area contributed by atoms with Gasteiger partial charge in [0, 0.05) is 18.9 Å². The molecule has 98 valence electrons. The molecule has 0 fully saturated rings. The van der Waals surface area contributed by atoms with Gasteiger partial charge in [-0.3, -0.25) is 0 Å². The smallest absolute Gasteiger partial charge is 0.105 e. The normalized spacial score (nSPS) is 16.1. The Morgan fingerprint density at radius 1 is 1.19 bits per heavy atom. The molecule has 0 aliphatic rings. The lowest BCUT2D eigenvalue weighted by Gasteiger charge is -2.31. The van der Waals surface area contributed by atoms with Crippen molar-refractivity contribution in [3.8, 4) is 0 Å². The standard InChI is InChI=1S/C12H26O4/c1-5-12(6-2,7-11(4)14)16-15-9-10(3)8-13/h10-11,13-14H,5-9H2,1-4H3. The Bertz CT molecular complexity index is 166. The molecular formula is C12H26O4. The van der Waals surface area contributed by atoms with Gasteiger partial charge in [-0.25, -0.2) is 9.78 Å². The van der Waals surface area contributed by atoms with Crippen LogP contribution in [-0.4, -0.2) is 35.1 Å². The minimum absolute atomic E-state index is 0.0676. The van der Waals surface area contributed by atoms with E-state index in [1.54, 1.807) is 6.92 Å². The number of aliphatic hydroxyl groups excluding tert-OH is 2. The summed E-state index contributed by atoms with van der Waals surface area (Å²) >= 11 is 0. The summed E-state index contributed by atoms with van der Waals surface area (Å²) in [6, 6.07) is 0. The third-order valence-corrected chi connectivity index (χ3v) is 2.86. The molecular weight excluding hydrogens is 208 g/mol. The quantitative estimate of drug-likeness (QED) is 0.472. The lowest BCUT2D eigenvalue weighted by atomic mass is 9.91. The Morgan fingerprint density at radius 2 is 1.75 bits per heavy atom. The van der Waals surface area contributed by atoms with Gasteiger partial charge >= 0.3 is 0 Å². The monoisotopic (exact) mass is 234 g/mol. The summed E-state index contributed by atoms with van der Waals surface area (Å²) in [6.07, 6.45) is 1.75. The first-order valence-electron chi connectivity index (χ1n) is 6.09. The highest BCUT2D eigenvalue weighted by Crippen LogP contribution is 2.26. The average Bonchev–Trinajstić information content (AvgIpc) is 2.26. The highest BCUT2D eigenvalue weighted by Gasteiger charge is 2.30. The van der Waals surface area contributed by atoms with Crippen molar-refractivity contribution in [2.24, 2.45) is 5.92 Å². The predicted octanol–water partition coefficient (Wildman–Crippen LogP) is 1.89. The molecule has 0 spiro atoms. The van der Waals surface area contributed by atoms with Crippen LogP contribution in [-0.2, 0) is 9.78 Å². The molecule has 0 aliphatic heterocycles. The molecule has 0 aromatic rings. The molecule has 0 aromatic carbocycles. The molecule has 4 nitrogen and oxygen atoms in total. The Balaban J connectivity index is 4.11. The molecule has 2 atom stereocenters. The van der Waals surface area contributed by atoms with Crippen LogP contribution in [0.15, 0.2) is 0 Å². The van der Waals surface area contributed by atoms with Crippen molar-refractivity contribution in [1.82, 2.24) is 0 Å². The number of hydrogen-bond acceptors (Lipinski definition) is 4. The Labute approximate surface area is 98.5 Å². The minimum Gasteiger partial charge on any atom is -0.396 e. The Hall–Kier alpha value is -0.160. The van der Waals surface area contributed by atoms with Gasteiger partial charge < -0.3 is 10.2 Å². The first-order chi connectivity index (χ1) is 7.49. The van der Waals surface area contributed by atoms with E-state index in [0.29, 0.717) is 13.0 Å². The van der Waals surface area contributed by atoms with E-state index >= 15 is 0 Å². The second-order valence-electron chi connectivity index (χ2n) is 4.60. The molecule has 0 saturated heterocycles. The molecule has 0 saturated carbocycles. The van der Waals surface area contributed by atoms with Crippen LogP contribution in [0.2, 0.25) is 0 Å². The number of aliphatic hydroxyl groups is 2. The maximum atomic E-state index is 9.43. The summed E-state index contributed by atoms with van der Waals surface area (Å²) in [5, 5.41) is 18.3. The van der Waals surface area contributed by atoms with Crippen LogP contribution < -0.4 is 0 Å². The molecule has 16 heavy (non-hydrogen) atoms. The van der Waals surface area contributed by atoms with Gasteiger partial charge in [-0.1, -0.05) is 20.8 Å². The van der Waals surface area contributed by atoms with Gasteiger partial charge in [-0.2, -0.15) is 0 Å². The van der Waals surface area contributed by atoms with Crippen LogP contribution in [0.25, 0.3) is 0 Å². The summed E-state index contributed by atoms with van der Waals surface area (Å²) in [7, 11) is 0. The molecule has 4 heteroatoms. The molecule has 0 radical (unpaired) electrons. The van der Waals surface area contributed by atoms with Crippen LogP contribution in [0.3, 0.4) is 0 Å². The van der Waals surface area contributed by atoms with Gasteiger partial charge in [0.2, 0.25) is 0 Å².